The van der Waals surface area contributed by atoms with Crippen molar-refractivity contribution in [2.75, 3.05) is 25.4 Å². The monoisotopic (exact) mass is 540 g/mol. The SMILES string of the molecule is CC1C=CC=C(n2cc(-c3cnn4c(N)c(Br)c(C5CCN(C(=O)C(N)CO)CC5)nc34)cn2)C1. The number of carbonyl (C=O) groups is 1. The van der Waals surface area contributed by atoms with E-state index in [1.54, 1.807) is 15.6 Å². The molecular weight excluding hydrogens is 512 g/mol. The molecule has 0 radical (unpaired) electrons. The number of carbonyl (C=O) groups excluding carboxylic acids is 1. The number of aliphatic hydroxyl groups excluding tert-OH is 1. The average Bonchev–Trinajstić information content (AvgIpc) is 3.53. The standard InChI is InChI=1S/C24H29BrN8O2/c1-14-3-2-4-17(9-14)32-12-16(10-28-32)18-11-29-33-22(27)20(25)21(30-23(18)33)15-5-7-31(8-6-15)24(35)19(26)13-34/h2-4,10-12,14-15,19,34H,5-9,13,26-27H2,1H3. The molecule has 0 saturated carbocycles. The van der Waals surface area contributed by atoms with Crippen LogP contribution >= 0.6 is 15.9 Å². The Balaban J connectivity index is 1.44. The van der Waals surface area contributed by atoms with E-state index in [4.69, 9.17) is 16.5 Å². The molecule has 11 heteroatoms. The van der Waals surface area contributed by atoms with Crippen LogP contribution in [0.4, 0.5) is 5.82 Å². The Morgan fingerprint density at radius 3 is 2.77 bits per heavy atom. The Bertz CT molecular complexity index is 1320. The first kappa shape index (κ1) is 23.7. The summed E-state index contributed by atoms with van der Waals surface area (Å²) in [6.45, 7) is 2.94. The highest BCUT2D eigenvalue weighted by atomic mass is 79.9. The highest BCUT2D eigenvalue weighted by molar-refractivity contribution is 9.10. The summed E-state index contributed by atoms with van der Waals surface area (Å²) in [6, 6.07) is -0.873. The van der Waals surface area contributed by atoms with Gasteiger partial charge in [-0.15, -0.1) is 0 Å². The summed E-state index contributed by atoms with van der Waals surface area (Å²) in [6.07, 6.45) is 14.3. The third-order valence-electron chi connectivity index (χ3n) is 6.80. The molecule has 0 aromatic carbocycles. The molecule has 2 atom stereocenters. The van der Waals surface area contributed by atoms with Gasteiger partial charge in [-0.05, 0) is 47.2 Å². The largest absolute Gasteiger partial charge is 0.394 e. The number of fused-ring (bicyclic) bond motifs is 1. The summed E-state index contributed by atoms with van der Waals surface area (Å²) in [5.74, 6) is 0.860. The Labute approximate surface area is 211 Å². The summed E-state index contributed by atoms with van der Waals surface area (Å²) < 4.78 is 4.27. The molecule has 0 bridgehead atoms. The number of rotatable bonds is 5. The quantitative estimate of drug-likeness (QED) is 0.451. The summed E-state index contributed by atoms with van der Waals surface area (Å²) >= 11 is 3.63. The molecule has 5 N–H and O–H groups in total. The van der Waals surface area contributed by atoms with Crippen molar-refractivity contribution < 1.29 is 9.90 Å². The van der Waals surface area contributed by atoms with Crippen molar-refractivity contribution in [3.05, 3.63) is 47.0 Å². The number of halogens is 1. The molecule has 2 unspecified atom stereocenters. The molecule has 0 spiro atoms. The lowest BCUT2D eigenvalue weighted by molar-refractivity contribution is -0.134. The molecule has 4 heterocycles. The van der Waals surface area contributed by atoms with Gasteiger partial charge in [0.1, 0.15) is 11.9 Å². The number of hydrogen-bond acceptors (Lipinski definition) is 7. The first-order valence-electron chi connectivity index (χ1n) is 11.8. The van der Waals surface area contributed by atoms with E-state index in [1.165, 1.54) is 0 Å². The zero-order valence-electron chi connectivity index (χ0n) is 19.5. The van der Waals surface area contributed by atoms with E-state index in [0.717, 1.165) is 46.3 Å². The van der Waals surface area contributed by atoms with Gasteiger partial charge in [0.2, 0.25) is 5.91 Å². The summed E-state index contributed by atoms with van der Waals surface area (Å²) in [5, 5.41) is 18.3. The van der Waals surface area contributed by atoms with E-state index in [9.17, 15) is 9.90 Å². The normalized spacial score (nSPS) is 19.8. The minimum Gasteiger partial charge on any atom is -0.394 e. The highest BCUT2D eigenvalue weighted by Gasteiger charge is 2.30. The van der Waals surface area contributed by atoms with Crippen LogP contribution in [-0.2, 0) is 4.79 Å². The third kappa shape index (κ3) is 4.39. The maximum Gasteiger partial charge on any atom is 0.241 e. The smallest absolute Gasteiger partial charge is 0.241 e. The molecule has 10 nitrogen and oxygen atoms in total. The fourth-order valence-electron chi connectivity index (χ4n) is 4.78. The number of nitrogen functional groups attached to an aromatic ring is 1. The molecule has 1 saturated heterocycles. The first-order chi connectivity index (χ1) is 16.9. The second-order valence-corrected chi connectivity index (χ2v) is 10.1. The van der Waals surface area contributed by atoms with E-state index < -0.39 is 6.04 Å². The zero-order valence-corrected chi connectivity index (χ0v) is 21.1. The number of anilines is 1. The van der Waals surface area contributed by atoms with Crippen LogP contribution in [0, 0.1) is 5.92 Å². The van der Waals surface area contributed by atoms with Gasteiger partial charge in [0.05, 0.1) is 29.2 Å². The van der Waals surface area contributed by atoms with Crippen LogP contribution in [-0.4, -0.2) is 66.0 Å². The van der Waals surface area contributed by atoms with E-state index in [2.05, 4.69) is 51.3 Å². The summed E-state index contributed by atoms with van der Waals surface area (Å²) in [5.41, 5.74) is 16.6. The third-order valence-corrected chi connectivity index (χ3v) is 7.62. The van der Waals surface area contributed by atoms with Gasteiger partial charge in [-0.25, -0.2) is 9.67 Å². The molecule has 5 rings (SSSR count). The number of nitrogens with zero attached hydrogens (tertiary/aromatic N) is 6. The van der Waals surface area contributed by atoms with Crippen LogP contribution in [0.2, 0.25) is 0 Å². The van der Waals surface area contributed by atoms with Crippen LogP contribution in [0.25, 0.3) is 22.5 Å². The lowest BCUT2D eigenvalue weighted by Gasteiger charge is -2.33. The molecule has 3 aromatic heterocycles. The molecule has 2 aliphatic rings. The predicted octanol–water partition coefficient (Wildman–Crippen LogP) is 2.40. The van der Waals surface area contributed by atoms with Gasteiger partial charge < -0.3 is 21.5 Å². The predicted molar refractivity (Wildman–Crippen MR) is 137 cm³/mol. The van der Waals surface area contributed by atoms with Gasteiger partial charge in [0, 0.05) is 42.0 Å². The topological polar surface area (TPSA) is 141 Å². The van der Waals surface area contributed by atoms with E-state index in [-0.39, 0.29) is 18.4 Å². The average molecular weight is 541 g/mol. The fraction of sp³-hybridized carbons (Fsp3) is 0.417. The number of hydrogen-bond donors (Lipinski definition) is 3. The van der Waals surface area contributed by atoms with Gasteiger partial charge in [0.15, 0.2) is 5.65 Å². The molecule has 184 valence electrons. The second kappa shape index (κ2) is 9.56. The Morgan fingerprint density at radius 1 is 1.29 bits per heavy atom. The summed E-state index contributed by atoms with van der Waals surface area (Å²) in [4.78, 5) is 19.0. The van der Waals surface area contributed by atoms with Crippen molar-refractivity contribution in [3.8, 4) is 11.1 Å². The number of piperidine rings is 1. The number of amides is 1. The molecule has 3 aromatic rings. The van der Waals surface area contributed by atoms with Gasteiger partial charge in [0.25, 0.3) is 0 Å². The van der Waals surface area contributed by atoms with E-state index >= 15 is 0 Å². The highest BCUT2D eigenvalue weighted by Crippen LogP contribution is 2.37. The molecule has 35 heavy (non-hydrogen) atoms. The van der Waals surface area contributed by atoms with Crippen molar-refractivity contribution in [3.63, 3.8) is 0 Å². The van der Waals surface area contributed by atoms with Crippen LogP contribution in [0.5, 0.6) is 0 Å². The Kier molecular flexibility index (Phi) is 6.47. The zero-order chi connectivity index (χ0) is 24.7. The Hall–Kier alpha value is -3.02. The van der Waals surface area contributed by atoms with E-state index in [0.29, 0.717) is 30.5 Å². The second-order valence-electron chi connectivity index (χ2n) is 9.28. The maximum atomic E-state index is 12.3. The van der Waals surface area contributed by atoms with Crippen LogP contribution in [0.1, 0.15) is 37.8 Å². The van der Waals surface area contributed by atoms with Crippen molar-refractivity contribution in [2.45, 2.75) is 38.1 Å². The van der Waals surface area contributed by atoms with Gasteiger partial charge in [-0.2, -0.15) is 14.7 Å². The lowest BCUT2D eigenvalue weighted by atomic mass is 9.92. The lowest BCUT2D eigenvalue weighted by Crippen LogP contribution is -2.48. The van der Waals surface area contributed by atoms with Crippen molar-refractivity contribution in [2.24, 2.45) is 11.7 Å². The number of likely N-dealkylation sites (tertiary alicyclic amines) is 1. The number of allylic oxidation sites excluding steroid dienone is 4. The molecule has 1 aliphatic heterocycles. The van der Waals surface area contributed by atoms with Crippen molar-refractivity contribution in [1.29, 1.82) is 0 Å². The van der Waals surface area contributed by atoms with E-state index in [1.807, 2.05) is 17.1 Å². The van der Waals surface area contributed by atoms with Crippen LogP contribution < -0.4 is 11.5 Å². The molecular formula is C24H29BrN8O2. The number of aromatic nitrogens is 5. The van der Waals surface area contributed by atoms with Crippen molar-refractivity contribution >= 4 is 39.0 Å². The van der Waals surface area contributed by atoms with Crippen LogP contribution in [0.3, 0.4) is 0 Å². The van der Waals surface area contributed by atoms with Gasteiger partial charge in [-0.3, -0.25) is 4.79 Å². The molecule has 1 aliphatic carbocycles. The minimum atomic E-state index is -0.873. The number of aliphatic hydroxyl groups is 1. The summed E-state index contributed by atoms with van der Waals surface area (Å²) in [7, 11) is 0. The minimum absolute atomic E-state index is 0.122. The van der Waals surface area contributed by atoms with Gasteiger partial charge >= 0.3 is 0 Å². The first-order valence-corrected chi connectivity index (χ1v) is 12.6. The Morgan fingerprint density at radius 2 is 2.06 bits per heavy atom. The molecule has 1 fully saturated rings. The van der Waals surface area contributed by atoms with Crippen LogP contribution in [0.15, 0.2) is 41.3 Å². The maximum absolute atomic E-state index is 12.3. The fourth-order valence-corrected chi connectivity index (χ4v) is 5.36. The molecule has 1 amide bonds. The number of nitrogens with two attached hydrogens (primary N) is 2. The van der Waals surface area contributed by atoms with Gasteiger partial charge in [-0.1, -0.05) is 19.1 Å². The van der Waals surface area contributed by atoms with Crippen molar-refractivity contribution in [1.82, 2.24) is 29.3 Å².